The lowest BCUT2D eigenvalue weighted by Crippen LogP contribution is -1.86. The van der Waals surface area contributed by atoms with Gasteiger partial charge in [0.1, 0.15) is 0 Å². The van der Waals surface area contributed by atoms with Gasteiger partial charge in [-0.05, 0) is 23.2 Å². The van der Waals surface area contributed by atoms with Gasteiger partial charge in [-0.3, -0.25) is 0 Å². The van der Waals surface area contributed by atoms with Gasteiger partial charge in [0.15, 0.2) is 0 Å². The van der Waals surface area contributed by atoms with Gasteiger partial charge in [0, 0.05) is 0 Å². The lowest BCUT2D eigenvalue weighted by molar-refractivity contribution is -0.191. The van der Waals surface area contributed by atoms with Crippen molar-refractivity contribution < 1.29 is 18.4 Å². The molecule has 0 N–H and O–H groups in total. The number of hydrogen-bond donors (Lipinski definition) is 0. The van der Waals surface area contributed by atoms with Crippen LogP contribution in [0.1, 0.15) is 0 Å². The summed E-state index contributed by atoms with van der Waals surface area (Å²) in [5.74, 6) is 0. The Morgan fingerprint density at radius 1 is 1.25 bits per heavy atom. The van der Waals surface area contributed by atoms with Crippen LogP contribution in [0.4, 0.5) is 8.78 Å². The van der Waals surface area contributed by atoms with E-state index in [9.17, 15) is 8.78 Å². The Balaban J connectivity index is 0. The molecular weight excluding hydrogens is 165 g/mol. The van der Waals surface area contributed by atoms with Crippen molar-refractivity contribution in [2.75, 3.05) is 0 Å². The molecule has 0 fully saturated rings. The Morgan fingerprint density at radius 2 is 1.25 bits per heavy atom. The van der Waals surface area contributed by atoms with E-state index in [2.05, 4.69) is 23.2 Å². The van der Waals surface area contributed by atoms with Crippen LogP contribution in [0.3, 0.4) is 0 Å². The average molecular weight is 165 g/mol. The van der Waals surface area contributed by atoms with Crippen LogP contribution in [-0.4, -0.2) is 11.0 Å². The molecular formula is C2Cl2F2O2. The van der Waals surface area contributed by atoms with Gasteiger partial charge in [-0.1, -0.05) is 0 Å². The van der Waals surface area contributed by atoms with Gasteiger partial charge in [0.25, 0.3) is 0 Å². The smallest absolute Gasteiger partial charge is 0.186 e. The zero-order valence-electron chi connectivity index (χ0n) is 3.33. The minimum Gasteiger partial charge on any atom is -0.186 e. The zero-order valence-corrected chi connectivity index (χ0v) is 4.84. The van der Waals surface area contributed by atoms with Crippen molar-refractivity contribution in [3.05, 3.63) is 0 Å². The van der Waals surface area contributed by atoms with Crippen LogP contribution in [0.15, 0.2) is 0 Å². The van der Waals surface area contributed by atoms with E-state index in [1.54, 1.807) is 0 Å². The SMILES string of the molecule is FC(F)(Cl)Cl.O=C=O. The average Bonchev–Trinajstić information content (AvgIpc) is 1.27. The van der Waals surface area contributed by atoms with Crippen LogP contribution >= 0.6 is 23.2 Å². The highest BCUT2D eigenvalue weighted by atomic mass is 35.5. The molecule has 2 nitrogen and oxygen atoms in total. The molecule has 0 unspecified atom stereocenters. The van der Waals surface area contributed by atoms with E-state index in [1.807, 2.05) is 0 Å². The largest absolute Gasteiger partial charge is 0.401 e. The maximum absolute atomic E-state index is 10.6. The first kappa shape index (κ1) is 10.7. The molecule has 0 spiro atoms. The molecule has 0 amide bonds. The molecule has 0 radical (unpaired) electrons. The first-order valence-electron chi connectivity index (χ1n) is 1.16. The molecule has 0 aromatic heterocycles. The summed E-state index contributed by atoms with van der Waals surface area (Å²) in [6, 6.07) is 0. The molecule has 0 atom stereocenters. The van der Waals surface area contributed by atoms with Gasteiger partial charge in [0.05, 0.1) is 0 Å². The summed E-state index contributed by atoms with van der Waals surface area (Å²) < 4.78 is 21.1. The normalized spacial score (nSPS) is 8.50. The lowest BCUT2D eigenvalue weighted by Gasteiger charge is -1.87. The second-order valence-electron chi connectivity index (χ2n) is 0.512. The highest BCUT2D eigenvalue weighted by molar-refractivity contribution is 6.45. The van der Waals surface area contributed by atoms with Crippen molar-refractivity contribution >= 4 is 29.4 Å². The maximum Gasteiger partial charge on any atom is 0.401 e. The fraction of sp³-hybridized carbons (Fsp3) is 0.500. The van der Waals surface area contributed by atoms with Crippen molar-refractivity contribution in [2.24, 2.45) is 0 Å². The van der Waals surface area contributed by atoms with Crippen molar-refractivity contribution in [2.45, 2.75) is 4.84 Å². The summed E-state index contributed by atoms with van der Waals surface area (Å²) in [5.41, 5.74) is 0. The first-order valence-corrected chi connectivity index (χ1v) is 1.92. The predicted octanol–water partition coefficient (Wildman–Crippen LogP) is 1.43. The third-order valence-electron chi connectivity index (χ3n) is 0. The molecule has 0 heterocycles. The van der Waals surface area contributed by atoms with Crippen molar-refractivity contribution in [1.29, 1.82) is 0 Å². The van der Waals surface area contributed by atoms with Gasteiger partial charge >= 0.3 is 11.0 Å². The summed E-state index contributed by atoms with van der Waals surface area (Å²) in [5, 5.41) is 0. The molecule has 0 aliphatic carbocycles. The minimum absolute atomic E-state index is 0.250. The Labute approximate surface area is 53.4 Å². The van der Waals surface area contributed by atoms with E-state index < -0.39 is 4.84 Å². The fourth-order valence-electron chi connectivity index (χ4n) is 0. The molecule has 6 heteroatoms. The highest BCUT2D eigenvalue weighted by Gasteiger charge is 2.17. The van der Waals surface area contributed by atoms with Crippen LogP contribution < -0.4 is 0 Å². The van der Waals surface area contributed by atoms with Gasteiger partial charge in [-0.15, -0.1) is 0 Å². The molecule has 8 heavy (non-hydrogen) atoms. The molecule has 0 aromatic carbocycles. The summed E-state index contributed by atoms with van der Waals surface area (Å²) in [6.07, 6.45) is 0.250. The van der Waals surface area contributed by atoms with E-state index in [0.29, 0.717) is 0 Å². The topological polar surface area (TPSA) is 34.1 Å². The quantitative estimate of drug-likeness (QED) is 0.508. The molecule has 0 rings (SSSR count). The molecule has 0 bridgehead atoms. The monoisotopic (exact) mass is 164 g/mol. The highest BCUT2D eigenvalue weighted by Crippen LogP contribution is 2.22. The van der Waals surface area contributed by atoms with Gasteiger partial charge in [0.2, 0.25) is 0 Å². The van der Waals surface area contributed by atoms with E-state index in [0.717, 1.165) is 0 Å². The first-order chi connectivity index (χ1) is 3.41. The van der Waals surface area contributed by atoms with E-state index in [-0.39, 0.29) is 6.15 Å². The summed E-state index contributed by atoms with van der Waals surface area (Å²) >= 11 is 7.92. The summed E-state index contributed by atoms with van der Waals surface area (Å²) in [4.78, 5) is 12.7. The van der Waals surface area contributed by atoms with Crippen LogP contribution in [-0.2, 0) is 9.59 Å². The number of hydrogen-bond acceptors (Lipinski definition) is 2. The Morgan fingerprint density at radius 3 is 1.25 bits per heavy atom. The van der Waals surface area contributed by atoms with Crippen molar-refractivity contribution in [3.63, 3.8) is 0 Å². The minimum atomic E-state index is -3.56. The third-order valence-corrected chi connectivity index (χ3v) is 0. The van der Waals surface area contributed by atoms with Gasteiger partial charge in [-0.25, -0.2) is 0 Å². The standard InChI is InChI=1S/CCl2F2.CO2/c2-1(3,4)5;2-1-3. The Kier molecular flexibility index (Phi) is 6.67. The van der Waals surface area contributed by atoms with Gasteiger partial charge < -0.3 is 0 Å². The number of alkyl halides is 4. The Hall–Kier alpha value is -0.180. The van der Waals surface area contributed by atoms with E-state index >= 15 is 0 Å². The van der Waals surface area contributed by atoms with Crippen molar-refractivity contribution in [1.82, 2.24) is 0 Å². The third kappa shape index (κ3) is 4170. The number of halogens is 4. The van der Waals surface area contributed by atoms with Crippen LogP contribution in [0.5, 0.6) is 0 Å². The maximum atomic E-state index is 10.6. The van der Waals surface area contributed by atoms with Crippen LogP contribution in [0, 0.1) is 0 Å². The van der Waals surface area contributed by atoms with E-state index in [4.69, 9.17) is 9.59 Å². The molecule has 48 valence electrons. The van der Waals surface area contributed by atoms with Crippen LogP contribution in [0.25, 0.3) is 0 Å². The van der Waals surface area contributed by atoms with Gasteiger partial charge in [-0.2, -0.15) is 18.4 Å². The molecule has 0 aliphatic heterocycles. The molecule has 0 aromatic rings. The zero-order chi connectivity index (χ0) is 7.21. The lowest BCUT2D eigenvalue weighted by atomic mass is 11.7. The second kappa shape index (κ2) is 4.97. The fourth-order valence-corrected chi connectivity index (χ4v) is 0. The number of rotatable bonds is 0. The molecule has 0 aliphatic rings. The summed E-state index contributed by atoms with van der Waals surface area (Å²) in [7, 11) is 0. The van der Waals surface area contributed by atoms with E-state index in [1.165, 1.54) is 0 Å². The Bertz CT molecular complexity index is 76.5. The molecule has 0 saturated carbocycles. The van der Waals surface area contributed by atoms with Crippen LogP contribution in [0.2, 0.25) is 0 Å². The predicted molar refractivity (Wildman–Crippen MR) is 21.7 cm³/mol. The summed E-state index contributed by atoms with van der Waals surface area (Å²) in [6.45, 7) is 0. The number of carbonyl (C=O) groups excluding carboxylic acids is 2. The molecule has 0 saturated heterocycles. The van der Waals surface area contributed by atoms with Crippen molar-refractivity contribution in [3.8, 4) is 0 Å². The second-order valence-corrected chi connectivity index (χ2v) is 1.65.